The molecule has 0 saturated carbocycles. The fourth-order valence-electron chi connectivity index (χ4n) is 2.29. The normalized spacial score (nSPS) is 14.8. The predicted octanol–water partition coefficient (Wildman–Crippen LogP) is 2.91. The second kappa shape index (κ2) is 9.37. The Morgan fingerprint density at radius 1 is 0.950 bits per heavy atom. The largest absolute Gasteiger partial charge is 0.314 e. The average Bonchev–Trinajstić information content (AvgIpc) is 2.40. The van der Waals surface area contributed by atoms with Crippen molar-refractivity contribution in [1.82, 2.24) is 15.2 Å². The maximum atomic E-state index is 4.71. The standard InChI is InChI=1S/C14H17N3.3ClH/c1-2-4-14-12(3-1)5-6-13(16-14)11-17-9-7-15-8-10-17;;;/h1-6,15H,7-11H2;3*1H. The second-order valence-electron chi connectivity index (χ2n) is 4.52. The quantitative estimate of drug-likeness (QED) is 0.914. The van der Waals surface area contributed by atoms with E-state index in [1.54, 1.807) is 0 Å². The molecule has 1 N–H and O–H groups in total. The minimum Gasteiger partial charge on any atom is -0.314 e. The van der Waals surface area contributed by atoms with Gasteiger partial charge in [0.25, 0.3) is 0 Å². The summed E-state index contributed by atoms with van der Waals surface area (Å²) in [7, 11) is 0. The Labute approximate surface area is 138 Å². The van der Waals surface area contributed by atoms with Crippen LogP contribution in [0, 0.1) is 0 Å². The summed E-state index contributed by atoms with van der Waals surface area (Å²) in [6, 6.07) is 12.6. The lowest BCUT2D eigenvalue weighted by Crippen LogP contribution is -2.43. The zero-order valence-corrected chi connectivity index (χ0v) is 13.6. The smallest absolute Gasteiger partial charge is 0.0705 e. The number of rotatable bonds is 2. The van der Waals surface area contributed by atoms with Gasteiger partial charge in [-0.25, -0.2) is 0 Å². The number of nitrogens with one attached hydrogen (secondary N) is 1. The summed E-state index contributed by atoms with van der Waals surface area (Å²) in [4.78, 5) is 7.16. The first-order chi connectivity index (χ1) is 8.42. The molecule has 0 bridgehead atoms. The van der Waals surface area contributed by atoms with Crippen molar-refractivity contribution >= 4 is 48.1 Å². The number of aromatic nitrogens is 1. The fourth-order valence-corrected chi connectivity index (χ4v) is 2.29. The number of para-hydroxylation sites is 1. The molecular weight excluding hydrogens is 317 g/mol. The van der Waals surface area contributed by atoms with E-state index in [0.29, 0.717) is 0 Å². The SMILES string of the molecule is Cl.Cl.Cl.c1ccc2nc(CN3CCNCC3)ccc2c1. The van der Waals surface area contributed by atoms with Gasteiger partial charge in [-0.2, -0.15) is 0 Å². The molecule has 3 nitrogen and oxygen atoms in total. The Morgan fingerprint density at radius 3 is 2.40 bits per heavy atom. The van der Waals surface area contributed by atoms with Gasteiger partial charge < -0.3 is 5.32 Å². The number of hydrogen-bond acceptors (Lipinski definition) is 3. The molecule has 0 unspecified atom stereocenters. The third kappa shape index (κ3) is 4.76. The lowest BCUT2D eigenvalue weighted by atomic mass is 10.2. The van der Waals surface area contributed by atoms with Gasteiger partial charge in [-0.1, -0.05) is 24.3 Å². The van der Waals surface area contributed by atoms with Gasteiger partial charge in [-0.05, 0) is 12.1 Å². The van der Waals surface area contributed by atoms with Gasteiger partial charge in [-0.15, -0.1) is 37.2 Å². The van der Waals surface area contributed by atoms with E-state index in [-0.39, 0.29) is 37.2 Å². The van der Waals surface area contributed by atoms with E-state index < -0.39 is 0 Å². The Morgan fingerprint density at radius 2 is 1.65 bits per heavy atom. The summed E-state index contributed by atoms with van der Waals surface area (Å²) in [5.74, 6) is 0. The summed E-state index contributed by atoms with van der Waals surface area (Å²) in [6.07, 6.45) is 0. The van der Waals surface area contributed by atoms with Crippen LogP contribution in [0.1, 0.15) is 5.69 Å². The van der Waals surface area contributed by atoms with E-state index in [1.807, 2.05) is 6.07 Å². The minimum absolute atomic E-state index is 0. The van der Waals surface area contributed by atoms with Crippen LogP contribution in [0.5, 0.6) is 0 Å². The molecule has 1 saturated heterocycles. The summed E-state index contributed by atoms with van der Waals surface area (Å²) < 4.78 is 0. The summed E-state index contributed by atoms with van der Waals surface area (Å²) in [6.45, 7) is 5.39. The number of fused-ring (bicyclic) bond motifs is 1. The Hall–Kier alpha value is -0.580. The number of benzene rings is 1. The number of halogens is 3. The molecule has 3 rings (SSSR count). The number of piperazine rings is 1. The first kappa shape index (κ1) is 19.4. The van der Waals surface area contributed by atoms with Crippen LogP contribution < -0.4 is 5.32 Å². The van der Waals surface area contributed by atoms with Crippen LogP contribution in [0.2, 0.25) is 0 Å². The van der Waals surface area contributed by atoms with Crippen molar-refractivity contribution in [3.8, 4) is 0 Å². The monoisotopic (exact) mass is 335 g/mol. The molecule has 1 aliphatic rings. The Balaban J connectivity index is 0.00000120. The predicted molar refractivity (Wildman–Crippen MR) is 91.6 cm³/mol. The Bertz CT molecular complexity index is 516. The number of nitrogens with zero attached hydrogens (tertiary/aromatic N) is 2. The lowest BCUT2D eigenvalue weighted by Gasteiger charge is -2.26. The lowest BCUT2D eigenvalue weighted by molar-refractivity contribution is 0.231. The number of pyridine rings is 1. The molecule has 1 fully saturated rings. The molecule has 0 aliphatic carbocycles. The van der Waals surface area contributed by atoms with Crippen molar-refractivity contribution in [3.63, 3.8) is 0 Å². The third-order valence-corrected chi connectivity index (χ3v) is 3.25. The number of hydrogen-bond donors (Lipinski definition) is 1. The van der Waals surface area contributed by atoms with Gasteiger partial charge in [0.1, 0.15) is 0 Å². The van der Waals surface area contributed by atoms with Gasteiger partial charge in [-0.3, -0.25) is 9.88 Å². The van der Waals surface area contributed by atoms with Crippen LogP contribution in [0.25, 0.3) is 10.9 Å². The van der Waals surface area contributed by atoms with Crippen molar-refractivity contribution in [3.05, 3.63) is 42.1 Å². The fraction of sp³-hybridized carbons (Fsp3) is 0.357. The molecule has 1 aromatic carbocycles. The molecule has 1 aliphatic heterocycles. The van der Waals surface area contributed by atoms with E-state index in [4.69, 9.17) is 4.98 Å². The van der Waals surface area contributed by atoms with Gasteiger partial charge in [0.15, 0.2) is 0 Å². The van der Waals surface area contributed by atoms with Crippen molar-refractivity contribution in [1.29, 1.82) is 0 Å². The van der Waals surface area contributed by atoms with Gasteiger partial charge in [0, 0.05) is 38.1 Å². The zero-order valence-electron chi connectivity index (χ0n) is 11.1. The average molecular weight is 337 g/mol. The third-order valence-electron chi connectivity index (χ3n) is 3.25. The molecule has 0 spiro atoms. The van der Waals surface area contributed by atoms with E-state index in [9.17, 15) is 0 Å². The highest BCUT2D eigenvalue weighted by atomic mass is 35.5. The molecular formula is C14H20Cl3N3. The first-order valence-electron chi connectivity index (χ1n) is 6.19. The van der Waals surface area contributed by atoms with E-state index >= 15 is 0 Å². The van der Waals surface area contributed by atoms with Crippen molar-refractivity contribution in [2.45, 2.75) is 6.54 Å². The van der Waals surface area contributed by atoms with E-state index in [2.05, 4.69) is 40.5 Å². The molecule has 112 valence electrons. The van der Waals surface area contributed by atoms with Crippen LogP contribution in [-0.4, -0.2) is 36.1 Å². The summed E-state index contributed by atoms with van der Waals surface area (Å²) >= 11 is 0. The van der Waals surface area contributed by atoms with Crippen molar-refractivity contribution < 1.29 is 0 Å². The van der Waals surface area contributed by atoms with Crippen molar-refractivity contribution in [2.24, 2.45) is 0 Å². The van der Waals surface area contributed by atoms with Gasteiger partial charge >= 0.3 is 0 Å². The van der Waals surface area contributed by atoms with Crippen LogP contribution >= 0.6 is 37.2 Å². The highest BCUT2D eigenvalue weighted by molar-refractivity contribution is 5.86. The maximum absolute atomic E-state index is 4.71. The van der Waals surface area contributed by atoms with Crippen molar-refractivity contribution in [2.75, 3.05) is 26.2 Å². The van der Waals surface area contributed by atoms with Crippen LogP contribution in [-0.2, 0) is 6.54 Å². The summed E-state index contributed by atoms with van der Waals surface area (Å²) in [5.41, 5.74) is 2.27. The minimum atomic E-state index is 0. The van der Waals surface area contributed by atoms with Gasteiger partial charge in [0.05, 0.1) is 11.2 Å². The second-order valence-corrected chi connectivity index (χ2v) is 4.52. The molecule has 0 atom stereocenters. The first-order valence-corrected chi connectivity index (χ1v) is 6.19. The Kier molecular flexibility index (Phi) is 9.10. The molecule has 2 heterocycles. The highest BCUT2D eigenvalue weighted by Crippen LogP contribution is 2.13. The van der Waals surface area contributed by atoms with Gasteiger partial charge in [0.2, 0.25) is 0 Å². The van der Waals surface area contributed by atoms with E-state index in [0.717, 1.165) is 38.2 Å². The molecule has 20 heavy (non-hydrogen) atoms. The molecule has 1 aromatic heterocycles. The molecule has 0 amide bonds. The van der Waals surface area contributed by atoms with E-state index in [1.165, 1.54) is 11.1 Å². The molecule has 6 heteroatoms. The maximum Gasteiger partial charge on any atom is 0.0705 e. The van der Waals surface area contributed by atoms with Crippen LogP contribution in [0.15, 0.2) is 36.4 Å². The highest BCUT2D eigenvalue weighted by Gasteiger charge is 2.10. The molecule has 0 radical (unpaired) electrons. The summed E-state index contributed by atoms with van der Waals surface area (Å²) in [5, 5.41) is 4.59. The molecule has 2 aromatic rings. The topological polar surface area (TPSA) is 28.2 Å². The van der Waals surface area contributed by atoms with Crippen LogP contribution in [0.4, 0.5) is 0 Å². The zero-order chi connectivity index (χ0) is 11.5. The van der Waals surface area contributed by atoms with Crippen LogP contribution in [0.3, 0.4) is 0 Å².